The molecule has 0 bridgehead atoms. The van der Waals surface area contributed by atoms with E-state index >= 15 is 0 Å². The maximum absolute atomic E-state index is 12.7. The summed E-state index contributed by atoms with van der Waals surface area (Å²) in [7, 11) is 0. The van der Waals surface area contributed by atoms with Gasteiger partial charge in [-0.25, -0.2) is 4.98 Å². The minimum absolute atomic E-state index is 0.0406. The summed E-state index contributed by atoms with van der Waals surface area (Å²) in [6.07, 6.45) is 2.40. The number of aryl methyl sites for hydroxylation is 1. The van der Waals surface area contributed by atoms with E-state index in [1.807, 2.05) is 16.3 Å². The molecular weight excluding hydrogens is 364 g/mol. The van der Waals surface area contributed by atoms with Crippen molar-refractivity contribution in [2.24, 2.45) is 0 Å². The van der Waals surface area contributed by atoms with Gasteiger partial charge in [-0.15, -0.1) is 0 Å². The van der Waals surface area contributed by atoms with Crippen molar-refractivity contribution in [1.82, 2.24) is 24.5 Å². The molecule has 3 aromatic rings. The van der Waals surface area contributed by atoms with E-state index in [1.165, 1.54) is 11.9 Å². The van der Waals surface area contributed by atoms with E-state index in [4.69, 9.17) is 11.6 Å². The second kappa shape index (κ2) is 7.15. The van der Waals surface area contributed by atoms with Gasteiger partial charge in [0, 0.05) is 48.0 Å². The number of carbonyl (C=O) groups excluding carboxylic acids is 1. The lowest BCUT2D eigenvalue weighted by molar-refractivity contribution is 0.0746. The summed E-state index contributed by atoms with van der Waals surface area (Å²) < 4.78 is 1.81. The van der Waals surface area contributed by atoms with Crippen LogP contribution in [0.15, 0.2) is 30.6 Å². The molecule has 7 nitrogen and oxygen atoms in total. The van der Waals surface area contributed by atoms with E-state index in [-0.39, 0.29) is 5.91 Å². The molecule has 0 N–H and O–H groups in total. The molecule has 2 aromatic heterocycles. The first-order valence-corrected chi connectivity index (χ1v) is 9.45. The maximum atomic E-state index is 12.7. The number of rotatable bonds is 3. The molecule has 0 aliphatic carbocycles. The van der Waals surface area contributed by atoms with Crippen molar-refractivity contribution in [2.75, 3.05) is 31.1 Å². The van der Waals surface area contributed by atoms with Crippen LogP contribution in [-0.4, -0.2) is 56.6 Å². The molecule has 0 radical (unpaired) electrons. The van der Waals surface area contributed by atoms with Gasteiger partial charge in [0.2, 0.25) is 0 Å². The zero-order valence-corrected chi connectivity index (χ0v) is 16.1. The Labute approximate surface area is 162 Å². The van der Waals surface area contributed by atoms with E-state index in [0.29, 0.717) is 29.5 Å². The number of nitrogens with zero attached hydrogens (tertiary/aromatic N) is 6. The van der Waals surface area contributed by atoms with E-state index in [2.05, 4.69) is 26.9 Å². The fourth-order valence-electron chi connectivity index (χ4n) is 3.60. The van der Waals surface area contributed by atoms with Crippen molar-refractivity contribution in [3.05, 3.63) is 52.4 Å². The molecule has 0 unspecified atom stereocenters. The van der Waals surface area contributed by atoms with E-state index < -0.39 is 0 Å². The summed E-state index contributed by atoms with van der Waals surface area (Å²) >= 11 is 5.92. The van der Waals surface area contributed by atoms with Crippen molar-refractivity contribution in [3.8, 4) is 0 Å². The van der Waals surface area contributed by atoms with Gasteiger partial charge in [0.15, 0.2) is 0 Å². The van der Waals surface area contributed by atoms with Gasteiger partial charge in [0.05, 0.1) is 0 Å². The molecule has 1 aromatic carbocycles. The molecule has 1 amide bonds. The van der Waals surface area contributed by atoms with Crippen molar-refractivity contribution in [2.45, 2.75) is 20.3 Å². The number of carbonyl (C=O) groups is 1. The highest BCUT2D eigenvalue weighted by molar-refractivity contribution is 6.30. The van der Waals surface area contributed by atoms with Gasteiger partial charge in [-0.05, 0) is 37.6 Å². The van der Waals surface area contributed by atoms with Gasteiger partial charge < -0.3 is 9.80 Å². The fraction of sp³-hybridized carbons (Fsp3) is 0.368. The molecule has 8 heteroatoms. The van der Waals surface area contributed by atoms with Crippen LogP contribution < -0.4 is 4.90 Å². The van der Waals surface area contributed by atoms with Gasteiger partial charge in [0.1, 0.15) is 12.1 Å². The van der Waals surface area contributed by atoms with Crippen LogP contribution in [0.3, 0.4) is 0 Å². The second-order valence-electron chi connectivity index (χ2n) is 6.61. The molecule has 3 heterocycles. The van der Waals surface area contributed by atoms with Gasteiger partial charge >= 0.3 is 0 Å². The van der Waals surface area contributed by atoms with Crippen molar-refractivity contribution >= 4 is 29.1 Å². The van der Waals surface area contributed by atoms with Crippen LogP contribution in [0.1, 0.15) is 28.5 Å². The summed E-state index contributed by atoms with van der Waals surface area (Å²) in [6, 6.07) is 7.05. The first-order valence-electron chi connectivity index (χ1n) is 9.07. The first-order chi connectivity index (χ1) is 13.1. The van der Waals surface area contributed by atoms with E-state index in [0.717, 1.165) is 31.0 Å². The van der Waals surface area contributed by atoms with Crippen LogP contribution in [0.2, 0.25) is 5.02 Å². The smallest absolute Gasteiger partial charge is 0.254 e. The molecule has 0 saturated carbocycles. The minimum atomic E-state index is 0.0406. The van der Waals surface area contributed by atoms with Crippen LogP contribution in [0.5, 0.6) is 0 Å². The number of hydrogen-bond donors (Lipinski definition) is 0. The van der Waals surface area contributed by atoms with Crippen LogP contribution in [0.4, 0.5) is 5.82 Å². The monoisotopic (exact) mass is 384 g/mol. The summed E-state index contributed by atoms with van der Waals surface area (Å²) in [4.78, 5) is 25.7. The molecule has 0 atom stereocenters. The quantitative estimate of drug-likeness (QED) is 0.694. The normalized spacial score (nSPS) is 14.8. The molecule has 1 aliphatic rings. The Balaban J connectivity index is 1.56. The molecule has 4 rings (SSSR count). The lowest BCUT2D eigenvalue weighted by Gasteiger charge is -2.37. The maximum Gasteiger partial charge on any atom is 0.254 e. The third-order valence-electron chi connectivity index (χ3n) is 5.02. The summed E-state index contributed by atoms with van der Waals surface area (Å²) in [5.74, 6) is 1.69. The topological polar surface area (TPSA) is 66.6 Å². The minimum Gasteiger partial charge on any atom is -0.353 e. The highest BCUT2D eigenvalue weighted by Crippen LogP contribution is 2.25. The number of halogens is 1. The van der Waals surface area contributed by atoms with Crippen LogP contribution in [0, 0.1) is 6.92 Å². The summed E-state index contributed by atoms with van der Waals surface area (Å²) in [5.41, 5.74) is 2.82. The Bertz CT molecular complexity index is 976. The summed E-state index contributed by atoms with van der Waals surface area (Å²) in [6.45, 7) is 6.92. The largest absolute Gasteiger partial charge is 0.353 e. The first kappa shape index (κ1) is 17.7. The molecular formula is C19H21ClN6O. The van der Waals surface area contributed by atoms with Gasteiger partial charge in [-0.3, -0.25) is 4.79 Å². The molecule has 27 heavy (non-hydrogen) atoms. The van der Waals surface area contributed by atoms with E-state index in [9.17, 15) is 4.79 Å². The zero-order chi connectivity index (χ0) is 19.0. The third kappa shape index (κ3) is 3.23. The number of aromatic nitrogens is 4. The Morgan fingerprint density at radius 1 is 1.15 bits per heavy atom. The molecule has 140 valence electrons. The average Bonchev–Trinajstić information content (AvgIpc) is 3.15. The Kier molecular flexibility index (Phi) is 4.70. The second-order valence-corrected chi connectivity index (χ2v) is 7.05. The van der Waals surface area contributed by atoms with Gasteiger partial charge in [0.25, 0.3) is 11.7 Å². The highest BCUT2D eigenvalue weighted by atomic mass is 35.5. The Morgan fingerprint density at radius 2 is 1.85 bits per heavy atom. The summed E-state index contributed by atoms with van der Waals surface area (Å²) in [5, 5.41) is 4.99. The molecule has 0 spiro atoms. The Morgan fingerprint density at radius 3 is 2.52 bits per heavy atom. The molecule has 1 saturated heterocycles. The predicted molar refractivity (Wildman–Crippen MR) is 104 cm³/mol. The van der Waals surface area contributed by atoms with E-state index in [1.54, 1.807) is 24.3 Å². The molecule has 1 aliphatic heterocycles. The SMILES string of the molecule is CCc1c(C)nc2ncnn2c1N1CCN(C(=O)c2ccc(Cl)cc2)CC1. The average molecular weight is 385 g/mol. The lowest BCUT2D eigenvalue weighted by Crippen LogP contribution is -2.49. The number of piperazine rings is 1. The van der Waals surface area contributed by atoms with Crippen LogP contribution >= 0.6 is 11.6 Å². The number of amides is 1. The predicted octanol–water partition coefficient (Wildman–Crippen LogP) is 2.61. The molecule has 1 fully saturated rings. The number of anilines is 1. The standard InChI is InChI=1S/C19H21ClN6O/c1-3-16-13(2)23-19-21-12-22-26(19)17(16)24-8-10-25(11-9-24)18(27)14-4-6-15(20)7-5-14/h4-7,12H,3,8-11H2,1-2H3. The fourth-order valence-corrected chi connectivity index (χ4v) is 3.73. The highest BCUT2D eigenvalue weighted by Gasteiger charge is 2.26. The van der Waals surface area contributed by atoms with Gasteiger partial charge in [-0.1, -0.05) is 18.5 Å². The van der Waals surface area contributed by atoms with Crippen molar-refractivity contribution in [3.63, 3.8) is 0 Å². The van der Waals surface area contributed by atoms with Crippen molar-refractivity contribution < 1.29 is 4.79 Å². The number of fused-ring (bicyclic) bond motifs is 1. The van der Waals surface area contributed by atoms with Crippen LogP contribution in [0.25, 0.3) is 5.78 Å². The Hall–Kier alpha value is -2.67. The zero-order valence-electron chi connectivity index (χ0n) is 15.4. The number of hydrogen-bond acceptors (Lipinski definition) is 5. The van der Waals surface area contributed by atoms with Crippen LogP contribution in [-0.2, 0) is 6.42 Å². The lowest BCUT2D eigenvalue weighted by atomic mass is 10.1. The third-order valence-corrected chi connectivity index (χ3v) is 5.27. The van der Waals surface area contributed by atoms with Gasteiger partial charge in [-0.2, -0.15) is 14.6 Å². The number of benzene rings is 1. The van der Waals surface area contributed by atoms with Crippen molar-refractivity contribution in [1.29, 1.82) is 0 Å².